The van der Waals surface area contributed by atoms with Crippen molar-refractivity contribution in [2.45, 2.75) is 13.1 Å². The first-order valence-electron chi connectivity index (χ1n) is 9.38. The lowest BCUT2D eigenvalue weighted by atomic mass is 10.1. The highest BCUT2D eigenvalue weighted by molar-refractivity contribution is 7.12. The topological polar surface area (TPSA) is 87.1 Å². The molecule has 0 spiro atoms. The quantitative estimate of drug-likeness (QED) is 0.612. The van der Waals surface area contributed by atoms with Gasteiger partial charge in [-0.2, -0.15) is 5.10 Å². The number of hydrogen-bond acceptors (Lipinski definition) is 6. The van der Waals surface area contributed by atoms with Crippen LogP contribution in [0.25, 0.3) is 0 Å². The summed E-state index contributed by atoms with van der Waals surface area (Å²) in [4.78, 5) is 14.3. The Balaban J connectivity index is 1.45. The molecular formula is C21H20FN5O2S. The van der Waals surface area contributed by atoms with Crippen molar-refractivity contribution in [3.63, 3.8) is 0 Å². The lowest BCUT2D eigenvalue weighted by Gasteiger charge is -2.18. The number of nitrogens with zero attached hydrogens (tertiary/aromatic N) is 3. The van der Waals surface area contributed by atoms with Crippen molar-refractivity contribution in [2.24, 2.45) is 5.73 Å². The van der Waals surface area contributed by atoms with E-state index in [9.17, 15) is 9.18 Å². The van der Waals surface area contributed by atoms with Gasteiger partial charge in [0, 0.05) is 23.5 Å². The Morgan fingerprint density at radius 3 is 3.10 bits per heavy atom. The van der Waals surface area contributed by atoms with Gasteiger partial charge in [0.25, 0.3) is 0 Å². The van der Waals surface area contributed by atoms with Crippen molar-refractivity contribution in [1.82, 2.24) is 14.3 Å². The first-order chi connectivity index (χ1) is 14.7. The van der Waals surface area contributed by atoms with Gasteiger partial charge in [-0.05, 0) is 35.9 Å². The van der Waals surface area contributed by atoms with E-state index in [2.05, 4.69) is 22.3 Å². The summed E-state index contributed by atoms with van der Waals surface area (Å²) < 4.78 is 20.9. The van der Waals surface area contributed by atoms with Gasteiger partial charge in [-0.3, -0.25) is 4.57 Å². The highest BCUT2D eigenvalue weighted by Gasteiger charge is 2.10. The van der Waals surface area contributed by atoms with Crippen LogP contribution in [0.4, 0.5) is 10.1 Å². The van der Waals surface area contributed by atoms with E-state index in [4.69, 9.17) is 10.5 Å². The van der Waals surface area contributed by atoms with Crippen molar-refractivity contribution in [1.29, 1.82) is 0 Å². The summed E-state index contributed by atoms with van der Waals surface area (Å²) >= 11 is 1.51. The third-order valence-corrected chi connectivity index (χ3v) is 5.52. The molecular weight excluding hydrogens is 405 g/mol. The first kappa shape index (κ1) is 19.9. The summed E-state index contributed by atoms with van der Waals surface area (Å²) in [6.07, 6.45) is 1.86. The maximum absolute atomic E-state index is 12.7. The molecule has 0 amide bonds. The van der Waals surface area contributed by atoms with Crippen LogP contribution >= 0.6 is 11.3 Å². The molecule has 1 aromatic carbocycles. The van der Waals surface area contributed by atoms with Crippen LogP contribution in [-0.4, -0.2) is 34.0 Å². The number of benzene rings is 1. The molecule has 0 unspecified atom stereocenters. The molecule has 0 aliphatic carbocycles. The van der Waals surface area contributed by atoms with Crippen molar-refractivity contribution in [2.75, 3.05) is 25.0 Å². The van der Waals surface area contributed by atoms with E-state index < -0.39 is 0 Å². The number of fused-ring (bicyclic) bond motifs is 1. The fraction of sp³-hybridized carbons (Fsp3) is 0.238. The Kier molecular flexibility index (Phi) is 5.97. The van der Waals surface area contributed by atoms with Crippen LogP contribution in [0.1, 0.15) is 15.3 Å². The van der Waals surface area contributed by atoms with Gasteiger partial charge in [-0.25, -0.2) is 13.9 Å². The van der Waals surface area contributed by atoms with Crippen LogP contribution in [0.2, 0.25) is 0 Å². The summed E-state index contributed by atoms with van der Waals surface area (Å²) in [7, 11) is 0. The second-order valence-corrected chi connectivity index (χ2v) is 7.84. The summed E-state index contributed by atoms with van der Waals surface area (Å²) in [6.45, 7) is 1.91. The van der Waals surface area contributed by atoms with Crippen LogP contribution < -0.4 is 21.5 Å². The molecule has 3 heterocycles. The fourth-order valence-electron chi connectivity index (χ4n) is 2.97. The molecule has 4 rings (SSSR count). The fourth-order valence-corrected chi connectivity index (χ4v) is 3.84. The van der Waals surface area contributed by atoms with E-state index in [1.165, 1.54) is 26.9 Å². The molecule has 0 fully saturated rings. The standard InChI is InChI=1S/C21H20FN5O2S/c22-10-16(11-23)12-27-21(28)26(14-25-27)13-18-5-4-17(30-18)3-1-15-2-6-20-19(9-15)24-7-8-29-20/h2,4-6,9-10,14,24H,7-8,11-13,23H2/b16-10+. The van der Waals surface area contributed by atoms with Crippen LogP contribution in [0, 0.1) is 11.8 Å². The molecule has 0 bridgehead atoms. The largest absolute Gasteiger partial charge is 0.490 e. The third-order valence-electron chi connectivity index (χ3n) is 4.54. The van der Waals surface area contributed by atoms with E-state index in [0.29, 0.717) is 25.1 Å². The molecule has 3 N–H and O–H groups in total. The molecule has 30 heavy (non-hydrogen) atoms. The average Bonchev–Trinajstić information content (AvgIpc) is 3.37. The van der Waals surface area contributed by atoms with Crippen molar-refractivity contribution < 1.29 is 9.13 Å². The van der Waals surface area contributed by atoms with Crippen LogP contribution in [0.15, 0.2) is 53.4 Å². The number of ether oxygens (including phenoxy) is 1. The number of rotatable bonds is 5. The molecule has 1 aliphatic rings. The Morgan fingerprint density at radius 1 is 1.37 bits per heavy atom. The maximum atomic E-state index is 12.7. The SMILES string of the molecule is NC/C(=C\F)Cn1ncn(Cc2ccc(C#Cc3ccc4c(c3)NCCO4)s2)c1=O. The molecule has 0 saturated heterocycles. The van der Waals surface area contributed by atoms with Gasteiger partial charge in [0.1, 0.15) is 18.7 Å². The average molecular weight is 425 g/mol. The van der Waals surface area contributed by atoms with Crippen molar-refractivity contribution in [3.05, 3.63) is 74.4 Å². The third kappa shape index (κ3) is 4.45. The Labute approximate surface area is 176 Å². The van der Waals surface area contributed by atoms with Crippen LogP contribution in [0.5, 0.6) is 5.75 Å². The molecule has 0 saturated carbocycles. The van der Waals surface area contributed by atoms with E-state index in [0.717, 1.165) is 33.3 Å². The molecule has 1 aliphatic heterocycles. The molecule has 9 heteroatoms. The zero-order chi connectivity index (χ0) is 20.9. The van der Waals surface area contributed by atoms with Gasteiger partial charge < -0.3 is 15.8 Å². The molecule has 7 nitrogen and oxygen atoms in total. The van der Waals surface area contributed by atoms with Gasteiger partial charge in [0.15, 0.2) is 0 Å². The van der Waals surface area contributed by atoms with Crippen molar-refractivity contribution in [3.8, 4) is 17.6 Å². The zero-order valence-electron chi connectivity index (χ0n) is 16.1. The Morgan fingerprint density at radius 2 is 2.27 bits per heavy atom. The van der Waals surface area contributed by atoms with Gasteiger partial charge in [-0.1, -0.05) is 11.8 Å². The van der Waals surface area contributed by atoms with Gasteiger partial charge in [0.05, 0.1) is 30.0 Å². The first-order valence-corrected chi connectivity index (χ1v) is 10.2. The van der Waals surface area contributed by atoms with E-state index in [1.54, 1.807) is 0 Å². The highest BCUT2D eigenvalue weighted by atomic mass is 32.1. The Hall–Kier alpha value is -3.35. The van der Waals surface area contributed by atoms with E-state index in [-0.39, 0.29) is 18.8 Å². The number of hydrogen-bond donors (Lipinski definition) is 2. The number of halogens is 1. The number of aromatic nitrogens is 3. The summed E-state index contributed by atoms with van der Waals surface area (Å²) in [5.74, 6) is 7.17. The van der Waals surface area contributed by atoms with Crippen LogP contribution in [-0.2, 0) is 13.1 Å². The second-order valence-electron chi connectivity index (χ2n) is 6.67. The van der Waals surface area contributed by atoms with Gasteiger partial charge in [-0.15, -0.1) is 11.3 Å². The van der Waals surface area contributed by atoms with Gasteiger partial charge >= 0.3 is 5.69 Å². The minimum absolute atomic E-state index is 0.0378. The van der Waals surface area contributed by atoms with E-state index >= 15 is 0 Å². The predicted octanol–water partition coefficient (Wildman–Crippen LogP) is 2.17. The number of anilines is 1. The van der Waals surface area contributed by atoms with Crippen molar-refractivity contribution >= 4 is 17.0 Å². The lowest BCUT2D eigenvalue weighted by Crippen LogP contribution is -2.26. The molecule has 3 aromatic rings. The Bertz CT molecular complexity index is 1200. The smallest absolute Gasteiger partial charge is 0.346 e. The summed E-state index contributed by atoms with van der Waals surface area (Å²) in [6, 6.07) is 9.70. The molecule has 154 valence electrons. The number of nitrogens with two attached hydrogens (primary N) is 1. The summed E-state index contributed by atoms with van der Waals surface area (Å²) in [5, 5.41) is 7.33. The minimum atomic E-state index is -0.312. The number of nitrogens with one attached hydrogen (secondary N) is 1. The summed E-state index contributed by atoms with van der Waals surface area (Å²) in [5.41, 5.74) is 7.29. The van der Waals surface area contributed by atoms with E-state index in [1.807, 2.05) is 30.3 Å². The maximum Gasteiger partial charge on any atom is 0.346 e. The zero-order valence-corrected chi connectivity index (χ0v) is 16.9. The molecule has 2 aromatic heterocycles. The second kappa shape index (κ2) is 8.98. The molecule has 0 radical (unpaired) electrons. The van der Waals surface area contributed by atoms with Gasteiger partial charge in [0.2, 0.25) is 0 Å². The predicted molar refractivity (Wildman–Crippen MR) is 115 cm³/mol. The van der Waals surface area contributed by atoms with Crippen LogP contribution in [0.3, 0.4) is 0 Å². The number of thiophene rings is 1. The lowest BCUT2D eigenvalue weighted by molar-refractivity contribution is 0.323. The highest BCUT2D eigenvalue weighted by Crippen LogP contribution is 2.27. The normalized spacial score (nSPS) is 13.1. The minimum Gasteiger partial charge on any atom is -0.490 e. The monoisotopic (exact) mass is 425 g/mol. The molecule has 0 atom stereocenters.